The summed E-state index contributed by atoms with van der Waals surface area (Å²) < 4.78 is 0. The van der Waals surface area contributed by atoms with Crippen LogP contribution in [-0.4, -0.2) is 5.91 Å². The fourth-order valence-corrected chi connectivity index (χ4v) is 3.29. The maximum Gasteiger partial charge on any atom is 0.220 e. The monoisotopic (exact) mass is 327 g/mol. The number of hydrogen-bond donors (Lipinski definition) is 1. The molecule has 0 aliphatic heterocycles. The molecule has 0 bridgehead atoms. The molecular formula is C20H22ClNO. The van der Waals surface area contributed by atoms with Crippen LogP contribution in [0.15, 0.2) is 42.5 Å². The van der Waals surface area contributed by atoms with Gasteiger partial charge in [0.2, 0.25) is 5.91 Å². The van der Waals surface area contributed by atoms with E-state index in [1.807, 2.05) is 24.3 Å². The fraction of sp³-hybridized carbons (Fsp3) is 0.350. The molecule has 2 nitrogen and oxygen atoms in total. The molecule has 0 aromatic heterocycles. The van der Waals surface area contributed by atoms with Crippen molar-refractivity contribution in [1.82, 2.24) is 5.32 Å². The van der Waals surface area contributed by atoms with Crippen molar-refractivity contribution in [2.24, 2.45) is 0 Å². The Kier molecular flexibility index (Phi) is 5.02. The second-order valence-corrected chi connectivity index (χ2v) is 6.73. The first-order valence-electron chi connectivity index (χ1n) is 8.27. The summed E-state index contributed by atoms with van der Waals surface area (Å²) in [6.45, 7) is 2.05. The van der Waals surface area contributed by atoms with Crippen LogP contribution in [0.2, 0.25) is 5.02 Å². The summed E-state index contributed by atoms with van der Waals surface area (Å²) in [4.78, 5) is 12.2. The van der Waals surface area contributed by atoms with Crippen LogP contribution in [0.25, 0.3) is 0 Å². The normalized spacial score (nSPS) is 14.3. The van der Waals surface area contributed by atoms with Gasteiger partial charge in [-0.25, -0.2) is 0 Å². The molecule has 0 heterocycles. The van der Waals surface area contributed by atoms with Crippen molar-refractivity contribution < 1.29 is 4.79 Å². The van der Waals surface area contributed by atoms with Crippen molar-refractivity contribution in [1.29, 1.82) is 0 Å². The summed E-state index contributed by atoms with van der Waals surface area (Å²) in [5, 5.41) is 3.83. The topological polar surface area (TPSA) is 29.1 Å². The average molecular weight is 328 g/mol. The van der Waals surface area contributed by atoms with Gasteiger partial charge >= 0.3 is 0 Å². The van der Waals surface area contributed by atoms with Gasteiger partial charge in [-0.2, -0.15) is 0 Å². The van der Waals surface area contributed by atoms with E-state index < -0.39 is 0 Å². The lowest BCUT2D eigenvalue weighted by Crippen LogP contribution is -2.26. The van der Waals surface area contributed by atoms with E-state index in [0.29, 0.717) is 6.42 Å². The van der Waals surface area contributed by atoms with Gasteiger partial charge in [0, 0.05) is 11.4 Å². The fourth-order valence-electron chi connectivity index (χ4n) is 3.17. The van der Waals surface area contributed by atoms with E-state index in [-0.39, 0.29) is 11.9 Å². The zero-order valence-corrected chi connectivity index (χ0v) is 14.2. The summed E-state index contributed by atoms with van der Waals surface area (Å²) in [5.41, 5.74) is 5.25. The van der Waals surface area contributed by atoms with E-state index in [2.05, 4.69) is 30.4 Å². The molecule has 0 radical (unpaired) electrons. The van der Waals surface area contributed by atoms with Crippen LogP contribution in [0.4, 0.5) is 0 Å². The highest BCUT2D eigenvalue weighted by Crippen LogP contribution is 2.25. The molecule has 1 aliphatic carbocycles. The Morgan fingerprint density at radius 2 is 1.87 bits per heavy atom. The number of rotatable bonds is 5. The standard InChI is InChI=1S/C20H22ClNO/c1-14(17-9-8-16-3-2-4-18(16)13-17)22-20(23)12-7-15-5-10-19(21)11-6-15/h5-6,8-11,13-14H,2-4,7,12H2,1H3,(H,22,23)/t14-/m0/s1. The SMILES string of the molecule is C[C@H](NC(=O)CCc1ccc(Cl)cc1)c1ccc2c(c1)CCC2. The summed E-state index contributed by atoms with van der Waals surface area (Å²) in [5.74, 6) is 0.0907. The van der Waals surface area contributed by atoms with Crippen LogP contribution in [0.1, 0.15) is 48.1 Å². The number of hydrogen-bond acceptors (Lipinski definition) is 1. The zero-order chi connectivity index (χ0) is 16.2. The molecule has 1 N–H and O–H groups in total. The lowest BCUT2D eigenvalue weighted by atomic mass is 10.0. The summed E-state index contributed by atoms with van der Waals surface area (Å²) in [7, 11) is 0. The first-order valence-corrected chi connectivity index (χ1v) is 8.65. The molecule has 2 aromatic carbocycles. The summed E-state index contributed by atoms with van der Waals surface area (Å²) in [6, 6.07) is 14.3. The van der Waals surface area contributed by atoms with Crippen LogP contribution in [0, 0.1) is 0 Å². The third kappa shape index (κ3) is 4.14. The van der Waals surface area contributed by atoms with Gasteiger partial charge in [0.25, 0.3) is 0 Å². The minimum Gasteiger partial charge on any atom is -0.350 e. The van der Waals surface area contributed by atoms with Crippen LogP contribution >= 0.6 is 11.6 Å². The smallest absolute Gasteiger partial charge is 0.220 e. The lowest BCUT2D eigenvalue weighted by molar-refractivity contribution is -0.121. The van der Waals surface area contributed by atoms with Gasteiger partial charge in [-0.3, -0.25) is 4.79 Å². The van der Waals surface area contributed by atoms with Crippen LogP contribution in [0.5, 0.6) is 0 Å². The Morgan fingerprint density at radius 3 is 2.65 bits per heavy atom. The molecule has 0 spiro atoms. The minimum absolute atomic E-state index is 0.0543. The highest BCUT2D eigenvalue weighted by Gasteiger charge is 2.14. The average Bonchev–Trinajstić information content (AvgIpc) is 3.02. The van der Waals surface area contributed by atoms with Gasteiger partial charge < -0.3 is 5.32 Å². The second-order valence-electron chi connectivity index (χ2n) is 6.30. The van der Waals surface area contributed by atoms with Crippen molar-refractivity contribution in [2.45, 2.75) is 45.1 Å². The number of benzene rings is 2. The second kappa shape index (κ2) is 7.18. The molecule has 23 heavy (non-hydrogen) atoms. The molecule has 1 amide bonds. The Balaban J connectivity index is 1.54. The predicted molar refractivity (Wildman–Crippen MR) is 94.8 cm³/mol. The first-order chi connectivity index (χ1) is 11.1. The minimum atomic E-state index is 0.0543. The molecule has 3 rings (SSSR count). The van der Waals surface area contributed by atoms with Crippen molar-refractivity contribution in [3.05, 3.63) is 69.7 Å². The van der Waals surface area contributed by atoms with E-state index in [4.69, 9.17) is 11.6 Å². The van der Waals surface area contributed by atoms with Crippen LogP contribution in [0.3, 0.4) is 0 Å². The first kappa shape index (κ1) is 16.1. The maximum absolute atomic E-state index is 12.2. The van der Waals surface area contributed by atoms with Crippen LogP contribution in [-0.2, 0) is 24.1 Å². The third-order valence-corrected chi connectivity index (χ3v) is 4.81. The summed E-state index contributed by atoms with van der Waals surface area (Å²) in [6.07, 6.45) is 4.84. The Morgan fingerprint density at radius 1 is 1.13 bits per heavy atom. The van der Waals surface area contributed by atoms with Crippen molar-refractivity contribution in [3.63, 3.8) is 0 Å². The van der Waals surface area contributed by atoms with E-state index in [1.54, 1.807) is 0 Å². The predicted octanol–water partition coefficient (Wildman–Crippen LogP) is 4.64. The van der Waals surface area contributed by atoms with E-state index in [9.17, 15) is 4.79 Å². The highest BCUT2D eigenvalue weighted by molar-refractivity contribution is 6.30. The molecule has 1 aliphatic rings. The number of fused-ring (bicyclic) bond motifs is 1. The third-order valence-electron chi connectivity index (χ3n) is 4.55. The molecule has 0 unspecified atom stereocenters. The lowest BCUT2D eigenvalue weighted by Gasteiger charge is -2.15. The molecule has 1 atom stereocenters. The Bertz CT molecular complexity index is 693. The number of nitrogens with one attached hydrogen (secondary N) is 1. The van der Waals surface area contributed by atoms with Gasteiger partial charge in [0.1, 0.15) is 0 Å². The molecule has 0 fully saturated rings. The van der Waals surface area contributed by atoms with E-state index in [0.717, 1.165) is 17.0 Å². The number of amides is 1. The van der Waals surface area contributed by atoms with Crippen molar-refractivity contribution in [2.75, 3.05) is 0 Å². The van der Waals surface area contributed by atoms with Crippen LogP contribution < -0.4 is 5.32 Å². The molecule has 2 aromatic rings. The van der Waals surface area contributed by atoms with Gasteiger partial charge in [-0.15, -0.1) is 0 Å². The van der Waals surface area contributed by atoms with E-state index in [1.165, 1.54) is 36.0 Å². The zero-order valence-electron chi connectivity index (χ0n) is 13.4. The van der Waals surface area contributed by atoms with Gasteiger partial charge in [-0.1, -0.05) is 41.9 Å². The molecular weight excluding hydrogens is 306 g/mol. The van der Waals surface area contributed by atoms with Crippen molar-refractivity contribution in [3.8, 4) is 0 Å². The van der Waals surface area contributed by atoms with Gasteiger partial charge in [-0.05, 0) is 67.0 Å². The van der Waals surface area contributed by atoms with Gasteiger partial charge in [0.05, 0.1) is 6.04 Å². The Hall–Kier alpha value is -1.80. The molecule has 120 valence electrons. The number of carbonyl (C=O) groups excluding carboxylic acids is 1. The number of aryl methyl sites for hydroxylation is 3. The number of halogens is 1. The largest absolute Gasteiger partial charge is 0.350 e. The van der Waals surface area contributed by atoms with E-state index >= 15 is 0 Å². The quantitative estimate of drug-likeness (QED) is 0.851. The molecule has 0 saturated carbocycles. The number of carbonyl (C=O) groups is 1. The molecule has 0 saturated heterocycles. The summed E-state index contributed by atoms with van der Waals surface area (Å²) >= 11 is 5.87. The molecule has 3 heteroatoms. The Labute approximate surface area is 142 Å². The maximum atomic E-state index is 12.2. The highest BCUT2D eigenvalue weighted by atomic mass is 35.5. The van der Waals surface area contributed by atoms with Crippen molar-refractivity contribution >= 4 is 17.5 Å². The van der Waals surface area contributed by atoms with Gasteiger partial charge in [0.15, 0.2) is 0 Å².